The first-order chi connectivity index (χ1) is 13.1. The van der Waals surface area contributed by atoms with Crippen LogP contribution in [-0.2, 0) is 16.7 Å². The topological polar surface area (TPSA) is 160 Å². The monoisotopic (exact) mass is 435 g/mol. The van der Waals surface area contributed by atoms with Gasteiger partial charge in [-0.05, 0) is 23.8 Å². The van der Waals surface area contributed by atoms with E-state index < -0.39 is 27.6 Å². The van der Waals surface area contributed by atoms with E-state index in [1.165, 1.54) is 42.1 Å². The standard InChI is InChI=1S/C17H19NO9S.Na/c1-26-15-7-11(17(22)28(23,24)25)4-5-14(15)27-10-13(19)9-18-6-2-3-12(8-18)16(20)21;/h2-8,13,17,19,22H,9-10H2,1H3,(H-,20,21,23,24,25);/q;+1/p-1. The van der Waals surface area contributed by atoms with E-state index in [0.29, 0.717) is 0 Å². The molecule has 0 saturated carbocycles. The summed E-state index contributed by atoms with van der Waals surface area (Å²) in [5, 5.41) is 30.5. The Labute approximate surface area is 189 Å². The summed E-state index contributed by atoms with van der Waals surface area (Å²) in [5.41, 5.74) is -2.47. The van der Waals surface area contributed by atoms with Gasteiger partial charge in [0.15, 0.2) is 35.9 Å². The third-order valence-electron chi connectivity index (χ3n) is 3.69. The molecule has 2 atom stereocenters. The summed E-state index contributed by atoms with van der Waals surface area (Å²) < 4.78 is 44.7. The van der Waals surface area contributed by atoms with E-state index in [0.717, 1.165) is 6.07 Å². The van der Waals surface area contributed by atoms with Crippen LogP contribution in [0.4, 0.5) is 0 Å². The van der Waals surface area contributed by atoms with Crippen LogP contribution in [0.2, 0.25) is 0 Å². The fourth-order valence-corrected chi connectivity index (χ4v) is 2.84. The number of aliphatic hydroxyl groups is 2. The van der Waals surface area contributed by atoms with Crippen LogP contribution in [0.15, 0.2) is 42.7 Å². The van der Waals surface area contributed by atoms with Crippen molar-refractivity contribution in [2.45, 2.75) is 18.1 Å². The first kappa shape index (κ1) is 25.3. The number of hydrogen-bond acceptors (Lipinski definition) is 9. The minimum Gasteiger partial charge on any atom is -0.746 e. The summed E-state index contributed by atoms with van der Waals surface area (Å²) >= 11 is 0. The van der Waals surface area contributed by atoms with E-state index in [1.807, 2.05) is 0 Å². The number of ether oxygens (including phenoxy) is 2. The minimum absolute atomic E-state index is 0. The second kappa shape index (κ2) is 10.9. The number of carbonyl (C=O) groups excluding carboxylic acids is 1. The summed E-state index contributed by atoms with van der Waals surface area (Å²) in [6.07, 6.45) is 1.85. The van der Waals surface area contributed by atoms with Crippen LogP contribution in [0.1, 0.15) is 21.4 Å². The number of rotatable bonds is 9. The van der Waals surface area contributed by atoms with Crippen LogP contribution in [-0.4, -0.2) is 49.0 Å². The molecule has 2 aromatic rings. The number of methoxy groups -OCH3 is 1. The number of carbonyl (C=O) groups is 1. The molecule has 0 spiro atoms. The normalized spacial score (nSPS) is 13.1. The van der Waals surface area contributed by atoms with Crippen LogP contribution < -0.4 is 48.7 Å². The second-order valence-corrected chi connectivity index (χ2v) is 7.23. The summed E-state index contributed by atoms with van der Waals surface area (Å²) in [7, 11) is -3.66. The Kier molecular flexibility index (Phi) is 9.49. The van der Waals surface area contributed by atoms with Crippen molar-refractivity contribution in [2.24, 2.45) is 0 Å². The number of aliphatic hydroxyl groups excluding tert-OH is 2. The van der Waals surface area contributed by atoms with Gasteiger partial charge in [-0.1, -0.05) is 6.07 Å². The van der Waals surface area contributed by atoms with E-state index in [9.17, 15) is 33.1 Å². The summed E-state index contributed by atoms with van der Waals surface area (Å²) in [5.74, 6) is -1.14. The van der Waals surface area contributed by atoms with Gasteiger partial charge in [-0.25, -0.2) is 13.0 Å². The summed E-state index contributed by atoms with van der Waals surface area (Å²) in [6.45, 7) is -0.157. The molecule has 2 rings (SSSR count). The van der Waals surface area contributed by atoms with Gasteiger partial charge in [0, 0.05) is 6.07 Å². The molecule has 0 amide bonds. The maximum atomic E-state index is 10.9. The van der Waals surface area contributed by atoms with Crippen molar-refractivity contribution in [2.75, 3.05) is 13.7 Å². The van der Waals surface area contributed by atoms with Crippen molar-refractivity contribution >= 4 is 16.1 Å². The molecule has 0 aliphatic carbocycles. The average molecular weight is 435 g/mol. The maximum absolute atomic E-state index is 10.9. The molecule has 0 aliphatic rings. The number of aromatic nitrogens is 1. The van der Waals surface area contributed by atoms with Gasteiger partial charge >= 0.3 is 29.6 Å². The third-order valence-corrected chi connectivity index (χ3v) is 4.51. The van der Waals surface area contributed by atoms with Gasteiger partial charge in [-0.2, -0.15) is 0 Å². The molecule has 12 heteroatoms. The fraction of sp³-hybridized carbons (Fsp3) is 0.294. The molecule has 2 unspecified atom stereocenters. The molecule has 0 fully saturated rings. The van der Waals surface area contributed by atoms with Gasteiger partial charge < -0.3 is 34.1 Å². The van der Waals surface area contributed by atoms with Crippen molar-refractivity contribution in [3.63, 3.8) is 0 Å². The van der Waals surface area contributed by atoms with Crippen LogP contribution in [0.5, 0.6) is 11.5 Å². The van der Waals surface area contributed by atoms with E-state index in [2.05, 4.69) is 0 Å². The van der Waals surface area contributed by atoms with Crippen LogP contribution in [0.25, 0.3) is 0 Å². The van der Waals surface area contributed by atoms with Gasteiger partial charge in [0.1, 0.15) is 22.8 Å². The third kappa shape index (κ3) is 7.23. The van der Waals surface area contributed by atoms with Gasteiger partial charge in [0.25, 0.3) is 0 Å². The van der Waals surface area contributed by atoms with Gasteiger partial charge in [0.05, 0.1) is 18.6 Å². The molecule has 0 saturated heterocycles. The Morgan fingerprint density at radius 2 is 1.93 bits per heavy atom. The van der Waals surface area contributed by atoms with Crippen molar-refractivity contribution in [3.8, 4) is 11.5 Å². The Morgan fingerprint density at radius 1 is 1.24 bits per heavy atom. The smallest absolute Gasteiger partial charge is 0.746 e. The molecule has 1 aromatic heterocycles. The van der Waals surface area contributed by atoms with Crippen molar-refractivity contribution in [3.05, 3.63) is 53.9 Å². The van der Waals surface area contributed by atoms with Crippen LogP contribution in [0.3, 0.4) is 0 Å². The van der Waals surface area contributed by atoms with E-state index in [1.54, 1.807) is 6.20 Å². The predicted molar refractivity (Wildman–Crippen MR) is 90.1 cm³/mol. The van der Waals surface area contributed by atoms with E-state index in [-0.39, 0.29) is 65.3 Å². The number of nitrogens with zero attached hydrogens (tertiary/aromatic N) is 1. The molecule has 1 aromatic carbocycles. The van der Waals surface area contributed by atoms with Gasteiger partial charge in [-0.3, -0.25) is 0 Å². The first-order valence-electron chi connectivity index (χ1n) is 7.94. The maximum Gasteiger partial charge on any atom is 1.00 e. The molecular weight excluding hydrogens is 417 g/mol. The molecule has 29 heavy (non-hydrogen) atoms. The van der Waals surface area contributed by atoms with Crippen molar-refractivity contribution in [1.29, 1.82) is 0 Å². The Balaban J connectivity index is 0.00000420. The Hall–Kier alpha value is -1.73. The minimum atomic E-state index is -4.94. The van der Waals surface area contributed by atoms with Crippen molar-refractivity contribution < 1.29 is 76.7 Å². The largest absolute Gasteiger partial charge is 1.00 e. The molecule has 10 nitrogen and oxygen atoms in total. The molecule has 0 aliphatic heterocycles. The zero-order valence-corrected chi connectivity index (χ0v) is 18.5. The molecule has 0 bridgehead atoms. The fourth-order valence-electron chi connectivity index (χ4n) is 2.36. The van der Waals surface area contributed by atoms with Crippen LogP contribution >= 0.6 is 0 Å². The molecule has 2 N–H and O–H groups in total. The SMILES string of the molecule is COc1cc(C(O)S(=O)(=O)[O-])ccc1OCC(O)C[n+]1cccc(C(=O)[O-])c1.[Na+]. The number of hydrogen-bond donors (Lipinski definition) is 2. The number of benzene rings is 1. The molecular formula is C17H18NNaO9S. The quantitative estimate of drug-likeness (QED) is 0.224. The number of carboxylic acid groups (broad SMARTS) is 1. The predicted octanol–water partition coefficient (Wildman–Crippen LogP) is -4.67. The number of carboxylic acids is 1. The molecule has 1 heterocycles. The summed E-state index contributed by atoms with van der Waals surface area (Å²) in [6, 6.07) is 6.47. The van der Waals surface area contributed by atoms with Gasteiger partial charge in [0.2, 0.25) is 0 Å². The van der Waals surface area contributed by atoms with Gasteiger partial charge in [-0.15, -0.1) is 0 Å². The molecule has 152 valence electrons. The first-order valence-corrected chi connectivity index (χ1v) is 9.41. The van der Waals surface area contributed by atoms with Crippen molar-refractivity contribution in [1.82, 2.24) is 0 Å². The summed E-state index contributed by atoms with van der Waals surface area (Å²) in [4.78, 5) is 10.9. The zero-order valence-electron chi connectivity index (χ0n) is 15.7. The Morgan fingerprint density at radius 3 is 2.52 bits per heavy atom. The van der Waals surface area contributed by atoms with E-state index in [4.69, 9.17) is 9.47 Å². The zero-order chi connectivity index (χ0) is 20.9. The average Bonchev–Trinajstić information content (AvgIpc) is 2.65. The van der Waals surface area contributed by atoms with E-state index >= 15 is 0 Å². The van der Waals surface area contributed by atoms with Crippen LogP contribution in [0, 0.1) is 0 Å². The Bertz CT molecular complexity index is 952. The second-order valence-electron chi connectivity index (χ2n) is 5.80. The number of pyridine rings is 1. The molecule has 0 radical (unpaired) electrons. The number of aromatic carboxylic acids is 1.